The van der Waals surface area contributed by atoms with Crippen LogP contribution in [-0.2, 0) is 11.3 Å². The molecule has 0 saturated heterocycles. The van der Waals surface area contributed by atoms with E-state index in [1.54, 1.807) is 0 Å². The van der Waals surface area contributed by atoms with Crippen LogP contribution in [0.25, 0.3) is 0 Å². The minimum absolute atomic E-state index is 0.00231. The molecule has 0 bridgehead atoms. The Hall–Kier alpha value is -2.28. The van der Waals surface area contributed by atoms with E-state index < -0.39 is 0 Å². The zero-order valence-electron chi connectivity index (χ0n) is 12.6. The van der Waals surface area contributed by atoms with Crippen LogP contribution >= 0.6 is 0 Å². The minimum atomic E-state index is -0.308. The van der Waals surface area contributed by atoms with Gasteiger partial charge in [-0.15, -0.1) is 10.2 Å². The molecule has 0 aliphatic carbocycles. The van der Waals surface area contributed by atoms with Gasteiger partial charge >= 0.3 is 5.97 Å². The van der Waals surface area contributed by atoms with Crippen molar-refractivity contribution in [3.8, 4) is 5.75 Å². The molecule has 7 nitrogen and oxygen atoms in total. The first kappa shape index (κ1) is 15.1. The Kier molecular flexibility index (Phi) is 4.64. The highest BCUT2D eigenvalue weighted by atomic mass is 16.5. The predicted molar refractivity (Wildman–Crippen MR) is 76.7 cm³/mol. The standard InChI is InChI=1S/C14H19N5O2/c1-8-5-12(6-9(2)13(8)21-11(4)20)7-15-10(3)14-16-18-19-17-14/h5-6,10,15H,7H2,1-4H3,(H,16,17,18,19)/t10-/m1/s1. The fraction of sp³-hybridized carbons (Fsp3) is 0.429. The highest BCUT2D eigenvalue weighted by molar-refractivity contribution is 5.70. The van der Waals surface area contributed by atoms with Gasteiger partial charge in [-0.1, -0.05) is 17.3 Å². The van der Waals surface area contributed by atoms with Crippen molar-refractivity contribution in [2.45, 2.75) is 40.3 Å². The molecule has 1 heterocycles. The van der Waals surface area contributed by atoms with Crippen LogP contribution in [0.2, 0.25) is 0 Å². The van der Waals surface area contributed by atoms with E-state index in [1.807, 2.05) is 32.9 Å². The number of aromatic amines is 1. The number of carbonyl (C=O) groups is 1. The molecule has 0 amide bonds. The minimum Gasteiger partial charge on any atom is -0.426 e. The van der Waals surface area contributed by atoms with Crippen LogP contribution in [0.1, 0.15) is 42.4 Å². The monoisotopic (exact) mass is 289 g/mol. The van der Waals surface area contributed by atoms with Gasteiger partial charge in [0.15, 0.2) is 5.82 Å². The number of benzene rings is 1. The summed E-state index contributed by atoms with van der Waals surface area (Å²) in [5.41, 5.74) is 2.99. The van der Waals surface area contributed by atoms with E-state index in [0.29, 0.717) is 18.1 Å². The van der Waals surface area contributed by atoms with Gasteiger partial charge in [0.2, 0.25) is 0 Å². The highest BCUT2D eigenvalue weighted by Crippen LogP contribution is 2.25. The maximum absolute atomic E-state index is 11.1. The summed E-state index contributed by atoms with van der Waals surface area (Å²) in [5, 5.41) is 17.2. The third-order valence-corrected chi connectivity index (χ3v) is 3.13. The normalized spacial score (nSPS) is 12.2. The molecule has 1 aromatic heterocycles. The molecule has 0 fully saturated rings. The van der Waals surface area contributed by atoms with Gasteiger partial charge in [0.1, 0.15) is 5.75 Å². The van der Waals surface area contributed by atoms with Crippen LogP contribution in [0, 0.1) is 13.8 Å². The Morgan fingerprint density at radius 1 is 1.38 bits per heavy atom. The molecule has 21 heavy (non-hydrogen) atoms. The average Bonchev–Trinajstić information content (AvgIpc) is 2.94. The second kappa shape index (κ2) is 6.45. The van der Waals surface area contributed by atoms with Crippen molar-refractivity contribution >= 4 is 5.97 Å². The summed E-state index contributed by atoms with van der Waals surface area (Å²) in [6.45, 7) is 7.89. The lowest BCUT2D eigenvalue weighted by molar-refractivity contribution is -0.131. The van der Waals surface area contributed by atoms with Crippen LogP contribution in [0.3, 0.4) is 0 Å². The third kappa shape index (κ3) is 3.85. The topological polar surface area (TPSA) is 92.8 Å². The van der Waals surface area contributed by atoms with Crippen LogP contribution < -0.4 is 10.1 Å². The molecule has 1 aromatic carbocycles. The SMILES string of the molecule is CC(=O)Oc1c(C)cc(CN[C@H](C)c2nn[nH]n2)cc1C. The number of aromatic nitrogens is 4. The van der Waals surface area contributed by atoms with Gasteiger partial charge in [-0.2, -0.15) is 5.21 Å². The van der Waals surface area contributed by atoms with Gasteiger partial charge in [-0.25, -0.2) is 0 Å². The van der Waals surface area contributed by atoms with Gasteiger partial charge in [0.25, 0.3) is 0 Å². The molecule has 0 spiro atoms. The number of aryl methyl sites for hydroxylation is 2. The number of ether oxygens (including phenoxy) is 1. The van der Waals surface area contributed by atoms with Crippen molar-refractivity contribution in [3.63, 3.8) is 0 Å². The number of tetrazole rings is 1. The van der Waals surface area contributed by atoms with Gasteiger partial charge in [-0.05, 0) is 37.5 Å². The molecule has 1 atom stereocenters. The molecular weight excluding hydrogens is 270 g/mol. The Morgan fingerprint density at radius 3 is 2.57 bits per heavy atom. The Bertz CT molecular complexity index is 601. The van der Waals surface area contributed by atoms with E-state index in [0.717, 1.165) is 16.7 Å². The van der Waals surface area contributed by atoms with Crippen molar-refractivity contribution in [1.29, 1.82) is 0 Å². The second-order valence-electron chi connectivity index (χ2n) is 5.02. The van der Waals surface area contributed by atoms with E-state index in [-0.39, 0.29) is 12.0 Å². The van der Waals surface area contributed by atoms with Crippen molar-refractivity contribution in [3.05, 3.63) is 34.6 Å². The smallest absolute Gasteiger partial charge is 0.308 e. The number of hydrogen-bond acceptors (Lipinski definition) is 6. The van der Waals surface area contributed by atoms with Crippen molar-refractivity contribution in [2.24, 2.45) is 0 Å². The Labute approximate surface area is 123 Å². The van der Waals surface area contributed by atoms with E-state index >= 15 is 0 Å². The van der Waals surface area contributed by atoms with Crippen LogP contribution in [0.5, 0.6) is 5.75 Å². The molecule has 112 valence electrons. The first-order valence-corrected chi connectivity index (χ1v) is 6.72. The highest BCUT2D eigenvalue weighted by Gasteiger charge is 2.12. The number of esters is 1. The average molecular weight is 289 g/mol. The lowest BCUT2D eigenvalue weighted by Gasteiger charge is -2.14. The van der Waals surface area contributed by atoms with Gasteiger partial charge in [0.05, 0.1) is 6.04 Å². The van der Waals surface area contributed by atoms with Crippen LogP contribution in [0.15, 0.2) is 12.1 Å². The summed E-state index contributed by atoms with van der Waals surface area (Å²) in [4.78, 5) is 11.1. The number of H-pyrrole nitrogens is 1. The molecule has 0 unspecified atom stereocenters. The molecule has 2 N–H and O–H groups in total. The molecule has 0 saturated carbocycles. The van der Waals surface area contributed by atoms with E-state index in [1.165, 1.54) is 6.92 Å². The molecule has 0 aliphatic heterocycles. The quantitative estimate of drug-likeness (QED) is 0.641. The number of carbonyl (C=O) groups excluding carboxylic acids is 1. The molecule has 7 heteroatoms. The zero-order valence-corrected chi connectivity index (χ0v) is 12.6. The molecule has 2 rings (SSSR count). The lowest BCUT2D eigenvalue weighted by atomic mass is 10.1. The van der Waals surface area contributed by atoms with Crippen molar-refractivity contribution in [2.75, 3.05) is 0 Å². The van der Waals surface area contributed by atoms with Gasteiger partial charge in [0, 0.05) is 13.5 Å². The maximum atomic E-state index is 11.1. The molecule has 0 aliphatic rings. The number of hydrogen-bond donors (Lipinski definition) is 2. The van der Waals surface area contributed by atoms with Crippen molar-refractivity contribution in [1.82, 2.24) is 25.9 Å². The molecule has 0 radical (unpaired) electrons. The number of nitrogens with zero attached hydrogens (tertiary/aromatic N) is 3. The fourth-order valence-electron chi connectivity index (χ4n) is 2.16. The second-order valence-corrected chi connectivity index (χ2v) is 5.02. The van der Waals surface area contributed by atoms with Crippen LogP contribution in [0.4, 0.5) is 0 Å². The van der Waals surface area contributed by atoms with Crippen LogP contribution in [-0.4, -0.2) is 26.6 Å². The Balaban J connectivity index is 2.06. The third-order valence-electron chi connectivity index (χ3n) is 3.13. The first-order chi connectivity index (χ1) is 9.97. The summed E-state index contributed by atoms with van der Waals surface area (Å²) in [6, 6.07) is 4.00. The number of rotatable bonds is 5. The largest absolute Gasteiger partial charge is 0.426 e. The lowest BCUT2D eigenvalue weighted by Crippen LogP contribution is -2.19. The predicted octanol–water partition coefficient (Wildman–Crippen LogP) is 1.59. The fourth-order valence-corrected chi connectivity index (χ4v) is 2.16. The summed E-state index contributed by atoms with van der Waals surface area (Å²) in [7, 11) is 0. The van der Waals surface area contributed by atoms with E-state index in [4.69, 9.17) is 4.74 Å². The Morgan fingerprint density at radius 2 is 2.05 bits per heavy atom. The summed E-state index contributed by atoms with van der Waals surface area (Å²) < 4.78 is 5.22. The number of nitrogens with one attached hydrogen (secondary N) is 2. The van der Waals surface area contributed by atoms with Gasteiger partial charge < -0.3 is 10.1 Å². The van der Waals surface area contributed by atoms with E-state index in [2.05, 4.69) is 25.9 Å². The first-order valence-electron chi connectivity index (χ1n) is 6.72. The van der Waals surface area contributed by atoms with Gasteiger partial charge in [-0.3, -0.25) is 4.79 Å². The van der Waals surface area contributed by atoms with E-state index in [9.17, 15) is 4.79 Å². The summed E-state index contributed by atoms with van der Waals surface area (Å²) in [6.07, 6.45) is 0. The molecule has 2 aromatic rings. The maximum Gasteiger partial charge on any atom is 0.308 e. The summed E-state index contributed by atoms with van der Waals surface area (Å²) in [5.74, 6) is 0.954. The molecular formula is C14H19N5O2. The summed E-state index contributed by atoms with van der Waals surface area (Å²) >= 11 is 0. The zero-order chi connectivity index (χ0) is 15.4. The van der Waals surface area contributed by atoms with Crippen molar-refractivity contribution < 1.29 is 9.53 Å².